The molecule has 176 valence electrons. The summed E-state index contributed by atoms with van der Waals surface area (Å²) in [4.78, 5) is 18.6. The van der Waals surface area contributed by atoms with Crippen molar-refractivity contribution in [1.82, 2.24) is 9.80 Å². The van der Waals surface area contributed by atoms with Gasteiger partial charge in [-0.05, 0) is 59.4 Å². The SMILES string of the molecule is O=C(C(c1ccc(Cl)cc1)c1ccc(Cl)cc1)N1CCc2ccccc2C1CN1CC[C@H](O)C1. The molecule has 1 saturated heterocycles. The van der Waals surface area contributed by atoms with Crippen LogP contribution in [0.25, 0.3) is 0 Å². The molecule has 1 fully saturated rings. The zero-order valence-corrected chi connectivity index (χ0v) is 20.4. The lowest BCUT2D eigenvalue weighted by Crippen LogP contribution is -2.46. The van der Waals surface area contributed by atoms with E-state index >= 15 is 0 Å². The number of β-amino-alcohol motifs (C(OH)–C–C–N with tert-alkyl or cyclic N) is 1. The van der Waals surface area contributed by atoms with Gasteiger partial charge in [0.05, 0.1) is 18.1 Å². The number of hydrogen-bond acceptors (Lipinski definition) is 3. The molecule has 34 heavy (non-hydrogen) atoms. The van der Waals surface area contributed by atoms with Crippen LogP contribution in [0.5, 0.6) is 0 Å². The summed E-state index contributed by atoms with van der Waals surface area (Å²) in [6.07, 6.45) is 1.31. The van der Waals surface area contributed by atoms with Crippen molar-refractivity contribution in [3.63, 3.8) is 0 Å². The van der Waals surface area contributed by atoms with E-state index in [1.165, 1.54) is 11.1 Å². The van der Waals surface area contributed by atoms with Gasteiger partial charge in [-0.3, -0.25) is 9.69 Å². The standard InChI is InChI=1S/C28H28Cl2N2O2/c29-22-9-5-20(6-10-22)27(21-7-11-23(30)12-8-21)28(34)32-16-13-19-3-1-2-4-25(19)26(32)18-31-15-14-24(33)17-31/h1-12,24,26-27,33H,13-18H2/t24-,26?/m0/s1. The molecule has 3 aromatic carbocycles. The van der Waals surface area contributed by atoms with Gasteiger partial charge in [0.2, 0.25) is 5.91 Å². The molecule has 1 amide bonds. The highest BCUT2D eigenvalue weighted by Gasteiger charge is 2.37. The lowest BCUT2D eigenvalue weighted by Gasteiger charge is -2.41. The lowest BCUT2D eigenvalue weighted by atomic mass is 9.86. The van der Waals surface area contributed by atoms with Crippen LogP contribution < -0.4 is 0 Å². The molecular formula is C28H28Cl2N2O2. The van der Waals surface area contributed by atoms with Gasteiger partial charge in [0.25, 0.3) is 0 Å². The smallest absolute Gasteiger partial charge is 0.235 e. The summed E-state index contributed by atoms with van der Waals surface area (Å²) in [6.45, 7) is 2.88. The Labute approximate surface area is 210 Å². The van der Waals surface area contributed by atoms with Gasteiger partial charge in [-0.1, -0.05) is 71.7 Å². The fourth-order valence-corrected chi connectivity index (χ4v) is 5.54. The molecule has 3 aromatic rings. The molecule has 1 N–H and O–H groups in total. The number of aliphatic hydroxyl groups is 1. The van der Waals surface area contributed by atoms with E-state index in [0.29, 0.717) is 29.7 Å². The zero-order chi connectivity index (χ0) is 23.7. The van der Waals surface area contributed by atoms with Gasteiger partial charge < -0.3 is 10.0 Å². The van der Waals surface area contributed by atoms with Crippen LogP contribution >= 0.6 is 23.2 Å². The molecule has 2 atom stereocenters. The Morgan fingerprint density at radius 3 is 2.12 bits per heavy atom. The first-order chi connectivity index (χ1) is 16.5. The van der Waals surface area contributed by atoms with E-state index in [1.54, 1.807) is 0 Å². The molecular weight excluding hydrogens is 467 g/mol. The monoisotopic (exact) mass is 494 g/mol. The highest BCUT2D eigenvalue weighted by molar-refractivity contribution is 6.30. The Bertz CT molecular complexity index is 1100. The molecule has 0 radical (unpaired) electrons. The number of carbonyl (C=O) groups excluding carboxylic acids is 1. The maximum atomic E-state index is 14.3. The molecule has 2 heterocycles. The largest absolute Gasteiger partial charge is 0.392 e. The summed E-state index contributed by atoms with van der Waals surface area (Å²) in [7, 11) is 0. The minimum atomic E-state index is -0.452. The second-order valence-corrected chi connectivity index (χ2v) is 10.1. The summed E-state index contributed by atoms with van der Waals surface area (Å²) in [6, 6.07) is 23.4. The van der Waals surface area contributed by atoms with Crippen molar-refractivity contribution in [2.45, 2.75) is 30.9 Å². The van der Waals surface area contributed by atoms with Gasteiger partial charge in [0.1, 0.15) is 0 Å². The van der Waals surface area contributed by atoms with E-state index < -0.39 is 5.92 Å². The molecule has 2 aliphatic rings. The molecule has 0 aliphatic carbocycles. The van der Waals surface area contributed by atoms with E-state index in [1.807, 2.05) is 53.4 Å². The minimum absolute atomic E-state index is 0.0650. The molecule has 0 aromatic heterocycles. The number of benzene rings is 3. The van der Waals surface area contributed by atoms with Gasteiger partial charge in [0.15, 0.2) is 0 Å². The summed E-state index contributed by atoms with van der Waals surface area (Å²) >= 11 is 12.3. The number of carbonyl (C=O) groups is 1. The third kappa shape index (κ3) is 4.87. The van der Waals surface area contributed by atoms with Gasteiger partial charge in [-0.15, -0.1) is 0 Å². The zero-order valence-electron chi connectivity index (χ0n) is 18.9. The van der Waals surface area contributed by atoms with Crippen molar-refractivity contribution in [2.75, 3.05) is 26.2 Å². The number of fused-ring (bicyclic) bond motifs is 1. The highest BCUT2D eigenvalue weighted by Crippen LogP contribution is 2.36. The van der Waals surface area contributed by atoms with Gasteiger partial charge in [-0.25, -0.2) is 0 Å². The number of amides is 1. The molecule has 0 saturated carbocycles. The molecule has 2 aliphatic heterocycles. The second kappa shape index (κ2) is 10.1. The van der Waals surface area contributed by atoms with E-state index in [0.717, 1.165) is 30.5 Å². The van der Waals surface area contributed by atoms with Crippen LogP contribution in [0.2, 0.25) is 10.0 Å². The number of nitrogens with zero attached hydrogens (tertiary/aromatic N) is 2. The van der Waals surface area contributed by atoms with Crippen molar-refractivity contribution in [3.05, 3.63) is 105 Å². The predicted molar refractivity (Wildman–Crippen MR) is 136 cm³/mol. The number of aliphatic hydroxyl groups excluding tert-OH is 1. The Kier molecular flexibility index (Phi) is 6.94. The van der Waals surface area contributed by atoms with Crippen molar-refractivity contribution in [2.24, 2.45) is 0 Å². The lowest BCUT2D eigenvalue weighted by molar-refractivity contribution is -0.135. The van der Waals surface area contributed by atoms with E-state index in [9.17, 15) is 9.90 Å². The third-order valence-corrected chi connectivity index (χ3v) is 7.53. The van der Waals surface area contributed by atoms with Crippen LogP contribution in [0.3, 0.4) is 0 Å². The predicted octanol–water partition coefficient (Wildman–Crippen LogP) is 5.32. The number of hydrogen-bond donors (Lipinski definition) is 1. The second-order valence-electron chi connectivity index (χ2n) is 9.23. The molecule has 0 bridgehead atoms. The summed E-state index contributed by atoms with van der Waals surface area (Å²) in [5.41, 5.74) is 4.32. The normalized spacial score (nSPS) is 20.5. The van der Waals surface area contributed by atoms with Crippen LogP contribution in [-0.4, -0.2) is 53.1 Å². The summed E-state index contributed by atoms with van der Waals surface area (Å²) in [5.74, 6) is -0.379. The average molecular weight is 495 g/mol. The number of halogens is 2. The third-order valence-electron chi connectivity index (χ3n) is 7.03. The first kappa shape index (κ1) is 23.4. The maximum absolute atomic E-state index is 14.3. The van der Waals surface area contributed by atoms with Crippen LogP contribution in [0, 0.1) is 0 Å². The molecule has 5 rings (SSSR count). The molecule has 1 unspecified atom stereocenters. The van der Waals surface area contributed by atoms with Crippen molar-refractivity contribution >= 4 is 29.1 Å². The Morgan fingerprint density at radius 2 is 1.53 bits per heavy atom. The molecule has 6 heteroatoms. The topological polar surface area (TPSA) is 43.8 Å². The average Bonchev–Trinajstić information content (AvgIpc) is 3.26. The van der Waals surface area contributed by atoms with Crippen molar-refractivity contribution < 1.29 is 9.90 Å². The molecule has 0 spiro atoms. The molecule has 4 nitrogen and oxygen atoms in total. The van der Waals surface area contributed by atoms with Crippen molar-refractivity contribution in [1.29, 1.82) is 0 Å². The maximum Gasteiger partial charge on any atom is 0.235 e. The van der Waals surface area contributed by atoms with Crippen LogP contribution in [0.1, 0.15) is 40.6 Å². The van der Waals surface area contributed by atoms with E-state index in [4.69, 9.17) is 23.2 Å². The Balaban J connectivity index is 1.53. The summed E-state index contributed by atoms with van der Waals surface area (Å²) < 4.78 is 0. The van der Waals surface area contributed by atoms with Crippen molar-refractivity contribution in [3.8, 4) is 0 Å². The minimum Gasteiger partial charge on any atom is -0.392 e. The van der Waals surface area contributed by atoms with Crippen LogP contribution in [0.15, 0.2) is 72.8 Å². The first-order valence-corrected chi connectivity index (χ1v) is 12.5. The fourth-order valence-electron chi connectivity index (χ4n) is 5.29. The summed E-state index contributed by atoms with van der Waals surface area (Å²) in [5, 5.41) is 11.4. The highest BCUT2D eigenvalue weighted by atomic mass is 35.5. The quantitative estimate of drug-likeness (QED) is 0.521. The van der Waals surface area contributed by atoms with E-state index in [-0.39, 0.29) is 18.1 Å². The number of rotatable bonds is 5. The fraction of sp³-hybridized carbons (Fsp3) is 0.321. The number of likely N-dealkylation sites (tertiary alicyclic amines) is 1. The van der Waals surface area contributed by atoms with E-state index in [2.05, 4.69) is 29.2 Å². The van der Waals surface area contributed by atoms with Crippen LogP contribution in [0.4, 0.5) is 0 Å². The Hall–Kier alpha value is -2.37. The van der Waals surface area contributed by atoms with Gasteiger partial charge in [-0.2, -0.15) is 0 Å². The van der Waals surface area contributed by atoms with Crippen LogP contribution in [-0.2, 0) is 11.2 Å². The first-order valence-electron chi connectivity index (χ1n) is 11.8. The van der Waals surface area contributed by atoms with Gasteiger partial charge >= 0.3 is 0 Å². The Morgan fingerprint density at radius 1 is 0.912 bits per heavy atom. The van der Waals surface area contributed by atoms with Gasteiger partial charge in [0, 0.05) is 36.2 Å².